The highest BCUT2D eigenvalue weighted by molar-refractivity contribution is 5.96. The molecule has 0 saturated heterocycles. The minimum atomic E-state index is -0.681. The molecule has 2 rings (SSSR count). The molecule has 1 aromatic heterocycles. The van der Waals surface area contributed by atoms with Gasteiger partial charge in [0.25, 0.3) is 11.5 Å². The Balaban J connectivity index is 2.44. The van der Waals surface area contributed by atoms with Crippen molar-refractivity contribution in [2.45, 2.75) is 60.9 Å². The lowest BCUT2D eigenvalue weighted by molar-refractivity contribution is -0.120. The number of amides is 1. The van der Waals surface area contributed by atoms with Crippen LogP contribution in [-0.2, 0) is 11.3 Å². The molecule has 3 N–H and O–H groups in total. The summed E-state index contributed by atoms with van der Waals surface area (Å²) in [5.41, 5.74) is 7.00. The number of aromatic amines is 1. The van der Waals surface area contributed by atoms with Crippen molar-refractivity contribution < 1.29 is 9.53 Å². The van der Waals surface area contributed by atoms with Crippen molar-refractivity contribution in [3.8, 4) is 5.75 Å². The molecule has 0 atom stereocenters. The number of nitrogen functional groups attached to an aromatic ring is 1. The first-order chi connectivity index (χ1) is 14.9. The molecule has 1 aromatic carbocycles. The summed E-state index contributed by atoms with van der Waals surface area (Å²) >= 11 is 0. The maximum atomic E-state index is 13.2. The number of carbonyl (C=O) groups is 1. The second-order valence-electron chi connectivity index (χ2n) is 9.38. The fourth-order valence-electron chi connectivity index (χ4n) is 3.53. The Bertz CT molecular complexity index is 1070. The molecule has 0 unspecified atom stereocenters. The van der Waals surface area contributed by atoms with Gasteiger partial charge in [0, 0.05) is 13.1 Å². The fraction of sp³-hybridized carbons (Fsp3) is 0.542. The summed E-state index contributed by atoms with van der Waals surface area (Å²) in [5.74, 6) is 0.646. The summed E-state index contributed by atoms with van der Waals surface area (Å²) in [5, 5.41) is 0. The van der Waals surface area contributed by atoms with Crippen molar-refractivity contribution >= 4 is 17.4 Å². The molecule has 8 heteroatoms. The number of aromatic nitrogens is 2. The van der Waals surface area contributed by atoms with Crippen LogP contribution in [0.3, 0.4) is 0 Å². The molecular weight excluding hydrogens is 408 g/mol. The zero-order valence-corrected chi connectivity index (χ0v) is 20.2. The summed E-state index contributed by atoms with van der Waals surface area (Å²) in [4.78, 5) is 41.9. The van der Waals surface area contributed by atoms with E-state index in [0.29, 0.717) is 12.3 Å². The van der Waals surface area contributed by atoms with E-state index in [2.05, 4.69) is 18.8 Å². The number of rotatable bonds is 9. The second-order valence-corrected chi connectivity index (χ2v) is 9.38. The first-order valence-corrected chi connectivity index (χ1v) is 11.1. The Kier molecular flexibility index (Phi) is 8.30. The van der Waals surface area contributed by atoms with E-state index in [1.54, 1.807) is 0 Å². The van der Waals surface area contributed by atoms with E-state index in [9.17, 15) is 14.4 Å². The molecule has 2 aromatic rings. The van der Waals surface area contributed by atoms with E-state index >= 15 is 0 Å². The molecule has 0 saturated carbocycles. The maximum Gasteiger partial charge on any atom is 0.330 e. The fourth-order valence-corrected chi connectivity index (χ4v) is 3.53. The van der Waals surface area contributed by atoms with E-state index in [1.165, 1.54) is 9.47 Å². The molecule has 0 aliphatic heterocycles. The lowest BCUT2D eigenvalue weighted by Crippen LogP contribution is -2.44. The van der Waals surface area contributed by atoms with E-state index < -0.39 is 17.2 Å². The third-order valence-corrected chi connectivity index (χ3v) is 5.02. The number of aryl methyl sites for hydroxylation is 1. The van der Waals surface area contributed by atoms with Crippen molar-refractivity contribution in [3.63, 3.8) is 0 Å². The van der Waals surface area contributed by atoms with Crippen LogP contribution in [-0.4, -0.2) is 28.6 Å². The Morgan fingerprint density at radius 3 is 2.34 bits per heavy atom. The van der Waals surface area contributed by atoms with Gasteiger partial charge < -0.3 is 15.4 Å². The first kappa shape index (κ1) is 25.2. The van der Waals surface area contributed by atoms with Crippen molar-refractivity contribution in [3.05, 3.63) is 50.2 Å². The highest BCUT2D eigenvalue weighted by Crippen LogP contribution is 2.28. The van der Waals surface area contributed by atoms with Gasteiger partial charge in [-0.25, -0.2) is 4.79 Å². The summed E-state index contributed by atoms with van der Waals surface area (Å²) in [6, 6.07) is 5.91. The smallest absolute Gasteiger partial charge is 0.330 e. The summed E-state index contributed by atoms with van der Waals surface area (Å²) in [6.45, 7) is 14.2. The number of nitrogens with two attached hydrogens (primary N) is 1. The number of H-pyrrole nitrogens is 1. The quantitative estimate of drug-likeness (QED) is 0.617. The van der Waals surface area contributed by atoms with Gasteiger partial charge in [0.1, 0.15) is 11.6 Å². The molecule has 0 aliphatic carbocycles. The van der Waals surface area contributed by atoms with Crippen LogP contribution in [0.5, 0.6) is 5.75 Å². The van der Waals surface area contributed by atoms with Gasteiger partial charge in [0.05, 0.1) is 0 Å². The van der Waals surface area contributed by atoms with Crippen LogP contribution < -0.4 is 26.6 Å². The van der Waals surface area contributed by atoms with Gasteiger partial charge in [-0.3, -0.25) is 19.1 Å². The van der Waals surface area contributed by atoms with Crippen LogP contribution >= 0.6 is 0 Å². The topological polar surface area (TPSA) is 110 Å². The number of carbonyl (C=O) groups excluding carboxylic acids is 1. The molecule has 1 heterocycles. The SMILES string of the molecule is Cc1ccc(C(C)C)c(OCC(=O)N(CC(C)C)c2c(N)n(CC(C)C)c(=O)[nH]c2=O)c1. The number of anilines is 2. The van der Waals surface area contributed by atoms with Gasteiger partial charge in [-0.1, -0.05) is 53.7 Å². The third-order valence-electron chi connectivity index (χ3n) is 5.02. The van der Waals surface area contributed by atoms with E-state index in [4.69, 9.17) is 10.5 Å². The standard InChI is InChI=1S/C24H36N4O4/c1-14(2)11-27(21-22(25)28(12-15(3)4)24(31)26-23(21)30)20(29)13-32-19-10-17(7)8-9-18(19)16(5)6/h8-10,14-16H,11-13,25H2,1-7H3,(H,26,30,31). The highest BCUT2D eigenvalue weighted by atomic mass is 16.5. The van der Waals surface area contributed by atoms with Crippen molar-refractivity contribution in [1.82, 2.24) is 9.55 Å². The molecule has 176 valence electrons. The Morgan fingerprint density at radius 2 is 1.78 bits per heavy atom. The van der Waals surface area contributed by atoms with E-state index in [0.717, 1.165) is 11.1 Å². The summed E-state index contributed by atoms with van der Waals surface area (Å²) < 4.78 is 7.22. The molecule has 0 radical (unpaired) electrons. The van der Waals surface area contributed by atoms with Crippen LogP contribution in [0, 0.1) is 18.8 Å². The maximum absolute atomic E-state index is 13.2. The largest absolute Gasteiger partial charge is 0.483 e. The van der Waals surface area contributed by atoms with Crippen molar-refractivity contribution in [2.75, 3.05) is 23.8 Å². The van der Waals surface area contributed by atoms with Gasteiger partial charge in [0.15, 0.2) is 12.3 Å². The van der Waals surface area contributed by atoms with Crippen LogP contribution in [0.4, 0.5) is 11.5 Å². The zero-order valence-electron chi connectivity index (χ0n) is 20.2. The van der Waals surface area contributed by atoms with Crippen LogP contribution in [0.15, 0.2) is 27.8 Å². The zero-order chi connectivity index (χ0) is 24.2. The Hall–Kier alpha value is -3.03. The molecule has 1 amide bonds. The number of nitrogens with one attached hydrogen (secondary N) is 1. The average molecular weight is 445 g/mol. The lowest BCUT2D eigenvalue weighted by atomic mass is 10.0. The summed E-state index contributed by atoms with van der Waals surface area (Å²) in [6.07, 6.45) is 0. The molecule has 0 aliphatic rings. The molecule has 32 heavy (non-hydrogen) atoms. The third kappa shape index (κ3) is 6.02. The van der Waals surface area contributed by atoms with Gasteiger partial charge in [-0.2, -0.15) is 0 Å². The van der Waals surface area contributed by atoms with E-state index in [1.807, 2.05) is 52.8 Å². The molecule has 0 fully saturated rings. The molecule has 8 nitrogen and oxygen atoms in total. The lowest BCUT2D eigenvalue weighted by Gasteiger charge is -2.26. The van der Waals surface area contributed by atoms with Crippen molar-refractivity contribution in [2.24, 2.45) is 11.8 Å². The number of nitrogens with zero attached hydrogens (tertiary/aromatic N) is 2. The normalized spacial score (nSPS) is 11.4. The monoisotopic (exact) mass is 444 g/mol. The second kappa shape index (κ2) is 10.5. The summed E-state index contributed by atoms with van der Waals surface area (Å²) in [7, 11) is 0. The number of hydrogen-bond donors (Lipinski definition) is 2. The van der Waals surface area contributed by atoms with Crippen molar-refractivity contribution in [1.29, 1.82) is 0 Å². The van der Waals surface area contributed by atoms with Gasteiger partial charge >= 0.3 is 5.69 Å². The van der Waals surface area contributed by atoms with Gasteiger partial charge in [-0.15, -0.1) is 0 Å². The first-order valence-electron chi connectivity index (χ1n) is 11.1. The number of benzene rings is 1. The number of ether oxygens (including phenoxy) is 1. The van der Waals surface area contributed by atoms with Crippen LogP contribution in [0.1, 0.15) is 58.6 Å². The molecular formula is C24H36N4O4. The van der Waals surface area contributed by atoms with Crippen LogP contribution in [0.25, 0.3) is 0 Å². The van der Waals surface area contributed by atoms with E-state index in [-0.39, 0.29) is 42.4 Å². The number of hydrogen-bond acceptors (Lipinski definition) is 5. The van der Waals surface area contributed by atoms with Gasteiger partial charge in [0.2, 0.25) is 0 Å². The minimum absolute atomic E-state index is 0.0131. The van der Waals surface area contributed by atoms with Gasteiger partial charge in [-0.05, 0) is 41.9 Å². The molecule has 0 bridgehead atoms. The average Bonchev–Trinajstić information content (AvgIpc) is 2.67. The Morgan fingerprint density at radius 1 is 1.12 bits per heavy atom. The Labute approximate surface area is 189 Å². The highest BCUT2D eigenvalue weighted by Gasteiger charge is 2.26. The van der Waals surface area contributed by atoms with Crippen LogP contribution in [0.2, 0.25) is 0 Å². The molecule has 0 spiro atoms. The minimum Gasteiger partial charge on any atom is -0.483 e. The predicted molar refractivity (Wildman–Crippen MR) is 129 cm³/mol. The predicted octanol–water partition coefficient (Wildman–Crippen LogP) is 3.27.